The smallest absolute Gasteiger partial charge is 0.253 e. The third-order valence-corrected chi connectivity index (χ3v) is 4.64. The summed E-state index contributed by atoms with van der Waals surface area (Å²) in [4.78, 5) is 33.0. The number of amides is 2. The highest BCUT2D eigenvalue weighted by Gasteiger charge is 2.29. The Balaban J connectivity index is 1.62. The lowest BCUT2D eigenvalue weighted by Gasteiger charge is -2.32. The predicted molar refractivity (Wildman–Crippen MR) is 102 cm³/mol. The molecule has 0 bridgehead atoms. The fourth-order valence-electron chi connectivity index (χ4n) is 3.12. The highest BCUT2D eigenvalue weighted by Crippen LogP contribution is 2.21. The van der Waals surface area contributed by atoms with Crippen molar-refractivity contribution in [1.29, 1.82) is 0 Å². The Labute approximate surface area is 158 Å². The zero-order valence-corrected chi connectivity index (χ0v) is 15.5. The number of aromatic nitrogens is 1. The molecule has 27 heavy (non-hydrogen) atoms. The van der Waals surface area contributed by atoms with Crippen molar-refractivity contribution in [2.45, 2.75) is 12.8 Å². The van der Waals surface area contributed by atoms with Crippen LogP contribution in [0, 0.1) is 11.7 Å². The molecule has 142 valence electrons. The number of piperidine rings is 1. The minimum atomic E-state index is -0.378. The normalized spacial score (nSPS) is 16.7. The molecule has 0 spiro atoms. The number of nitrogens with zero attached hydrogens (tertiary/aromatic N) is 3. The number of hydrogen-bond donors (Lipinski definition) is 1. The van der Waals surface area contributed by atoms with E-state index in [1.807, 2.05) is 31.1 Å². The van der Waals surface area contributed by atoms with E-state index in [9.17, 15) is 14.0 Å². The maximum atomic E-state index is 13.1. The molecule has 1 aliphatic rings. The van der Waals surface area contributed by atoms with Crippen molar-refractivity contribution < 1.29 is 14.0 Å². The summed E-state index contributed by atoms with van der Waals surface area (Å²) in [7, 11) is 3.80. The Kier molecular flexibility index (Phi) is 5.69. The van der Waals surface area contributed by atoms with Crippen LogP contribution in [-0.4, -0.2) is 48.9 Å². The Bertz CT molecular complexity index is 806. The quantitative estimate of drug-likeness (QED) is 0.899. The largest absolute Gasteiger partial charge is 0.363 e. The van der Waals surface area contributed by atoms with Crippen LogP contribution < -0.4 is 10.2 Å². The number of likely N-dealkylation sites (tertiary alicyclic amines) is 1. The molecule has 7 heteroatoms. The summed E-state index contributed by atoms with van der Waals surface area (Å²) >= 11 is 0. The van der Waals surface area contributed by atoms with Crippen LogP contribution in [-0.2, 0) is 4.79 Å². The predicted octanol–water partition coefficient (Wildman–Crippen LogP) is 2.78. The highest BCUT2D eigenvalue weighted by molar-refractivity contribution is 5.96. The highest BCUT2D eigenvalue weighted by atomic mass is 19.1. The third-order valence-electron chi connectivity index (χ3n) is 4.64. The SMILES string of the molecule is CN(C)c1ccc(NC(=O)[C@H]2CCCN(C(=O)c3ccc(F)cc3)C2)cn1. The number of nitrogens with one attached hydrogen (secondary N) is 1. The van der Waals surface area contributed by atoms with Gasteiger partial charge in [-0.2, -0.15) is 0 Å². The van der Waals surface area contributed by atoms with Gasteiger partial charge in [-0.3, -0.25) is 9.59 Å². The van der Waals surface area contributed by atoms with E-state index >= 15 is 0 Å². The second kappa shape index (κ2) is 8.16. The first-order chi connectivity index (χ1) is 12.9. The molecule has 1 aliphatic heterocycles. The molecule has 2 amide bonds. The van der Waals surface area contributed by atoms with E-state index in [2.05, 4.69) is 10.3 Å². The molecule has 1 fully saturated rings. The minimum absolute atomic E-state index is 0.119. The lowest BCUT2D eigenvalue weighted by Crippen LogP contribution is -2.43. The van der Waals surface area contributed by atoms with E-state index in [1.165, 1.54) is 24.3 Å². The lowest BCUT2D eigenvalue weighted by atomic mass is 9.96. The van der Waals surface area contributed by atoms with Gasteiger partial charge in [0.1, 0.15) is 11.6 Å². The van der Waals surface area contributed by atoms with Crippen LogP contribution in [0.15, 0.2) is 42.6 Å². The number of carbonyl (C=O) groups excluding carboxylic acids is 2. The van der Waals surface area contributed by atoms with E-state index in [4.69, 9.17) is 0 Å². The van der Waals surface area contributed by atoms with Gasteiger partial charge in [-0.05, 0) is 49.2 Å². The molecule has 1 aromatic carbocycles. The van der Waals surface area contributed by atoms with Crippen molar-refractivity contribution >= 4 is 23.3 Å². The maximum Gasteiger partial charge on any atom is 0.253 e. The van der Waals surface area contributed by atoms with Crippen LogP contribution in [0.4, 0.5) is 15.9 Å². The molecule has 0 radical (unpaired) electrons. The van der Waals surface area contributed by atoms with E-state index in [0.29, 0.717) is 24.3 Å². The molecule has 0 aliphatic carbocycles. The summed E-state index contributed by atoms with van der Waals surface area (Å²) in [5.74, 6) is -0.148. The Morgan fingerprint density at radius 3 is 2.56 bits per heavy atom. The van der Waals surface area contributed by atoms with Crippen LogP contribution in [0.5, 0.6) is 0 Å². The molecule has 1 aromatic heterocycles. The van der Waals surface area contributed by atoms with Gasteiger partial charge < -0.3 is 15.1 Å². The monoisotopic (exact) mass is 370 g/mol. The molecular weight excluding hydrogens is 347 g/mol. The molecular formula is C20H23FN4O2. The van der Waals surface area contributed by atoms with Gasteiger partial charge in [0.2, 0.25) is 5.91 Å². The molecule has 0 unspecified atom stereocenters. The number of pyridine rings is 1. The minimum Gasteiger partial charge on any atom is -0.363 e. The summed E-state index contributed by atoms with van der Waals surface area (Å²) in [6.07, 6.45) is 3.10. The summed E-state index contributed by atoms with van der Waals surface area (Å²) in [5, 5.41) is 2.88. The number of anilines is 2. The van der Waals surface area contributed by atoms with Gasteiger partial charge >= 0.3 is 0 Å². The molecule has 1 N–H and O–H groups in total. The van der Waals surface area contributed by atoms with E-state index in [1.54, 1.807) is 11.1 Å². The molecule has 2 heterocycles. The molecule has 1 atom stereocenters. The van der Waals surface area contributed by atoms with Crippen molar-refractivity contribution in [1.82, 2.24) is 9.88 Å². The molecule has 3 rings (SSSR count). The number of rotatable bonds is 4. The van der Waals surface area contributed by atoms with Crippen molar-refractivity contribution in [3.05, 3.63) is 54.0 Å². The van der Waals surface area contributed by atoms with Crippen LogP contribution in [0.2, 0.25) is 0 Å². The lowest BCUT2D eigenvalue weighted by molar-refractivity contribution is -0.121. The average molecular weight is 370 g/mol. The Hall–Kier alpha value is -2.96. The van der Waals surface area contributed by atoms with Crippen LogP contribution >= 0.6 is 0 Å². The van der Waals surface area contributed by atoms with Gasteiger partial charge in [0.05, 0.1) is 17.8 Å². The molecule has 1 saturated heterocycles. The number of benzene rings is 1. The molecule has 2 aromatic rings. The van der Waals surface area contributed by atoms with Gasteiger partial charge in [-0.15, -0.1) is 0 Å². The van der Waals surface area contributed by atoms with E-state index in [-0.39, 0.29) is 23.5 Å². The van der Waals surface area contributed by atoms with Crippen molar-refractivity contribution in [3.8, 4) is 0 Å². The first kappa shape index (κ1) is 18.8. The van der Waals surface area contributed by atoms with Crippen LogP contribution in [0.25, 0.3) is 0 Å². The summed E-state index contributed by atoms with van der Waals surface area (Å²) in [5.41, 5.74) is 1.06. The first-order valence-corrected chi connectivity index (χ1v) is 8.93. The standard InChI is InChI=1S/C20H23FN4O2/c1-24(2)18-10-9-17(12-22-18)23-19(26)15-4-3-11-25(13-15)20(27)14-5-7-16(21)8-6-14/h5-10,12,15H,3-4,11,13H2,1-2H3,(H,23,26)/t15-/m0/s1. The summed E-state index contributed by atoms with van der Waals surface area (Å²) in [6, 6.07) is 9.13. The van der Waals surface area contributed by atoms with Gasteiger partial charge in [0, 0.05) is 32.7 Å². The van der Waals surface area contributed by atoms with Crippen molar-refractivity contribution in [2.75, 3.05) is 37.4 Å². The maximum absolute atomic E-state index is 13.1. The number of halogens is 1. The zero-order valence-electron chi connectivity index (χ0n) is 15.5. The van der Waals surface area contributed by atoms with Gasteiger partial charge in [-0.1, -0.05) is 0 Å². The third kappa shape index (κ3) is 4.61. The fourth-order valence-corrected chi connectivity index (χ4v) is 3.12. The average Bonchev–Trinajstić information content (AvgIpc) is 2.68. The number of hydrogen-bond acceptors (Lipinski definition) is 4. The second-order valence-corrected chi connectivity index (χ2v) is 6.89. The van der Waals surface area contributed by atoms with Crippen molar-refractivity contribution in [2.24, 2.45) is 5.92 Å². The first-order valence-electron chi connectivity index (χ1n) is 8.93. The van der Waals surface area contributed by atoms with E-state index in [0.717, 1.165) is 18.7 Å². The fraction of sp³-hybridized carbons (Fsp3) is 0.350. The summed E-state index contributed by atoms with van der Waals surface area (Å²) < 4.78 is 13.1. The van der Waals surface area contributed by atoms with E-state index < -0.39 is 0 Å². The summed E-state index contributed by atoms with van der Waals surface area (Å²) in [6.45, 7) is 0.949. The number of carbonyl (C=O) groups is 2. The van der Waals surface area contributed by atoms with Gasteiger partial charge in [0.25, 0.3) is 5.91 Å². The molecule has 0 saturated carbocycles. The Morgan fingerprint density at radius 2 is 1.93 bits per heavy atom. The van der Waals surface area contributed by atoms with Crippen LogP contribution in [0.3, 0.4) is 0 Å². The second-order valence-electron chi connectivity index (χ2n) is 6.89. The Morgan fingerprint density at radius 1 is 1.19 bits per heavy atom. The van der Waals surface area contributed by atoms with Gasteiger partial charge in [-0.25, -0.2) is 9.37 Å². The molecule has 6 nitrogen and oxygen atoms in total. The zero-order chi connectivity index (χ0) is 19.4. The van der Waals surface area contributed by atoms with Crippen LogP contribution in [0.1, 0.15) is 23.2 Å². The van der Waals surface area contributed by atoms with Gasteiger partial charge in [0.15, 0.2) is 0 Å². The topological polar surface area (TPSA) is 65.5 Å². The van der Waals surface area contributed by atoms with Crippen molar-refractivity contribution in [3.63, 3.8) is 0 Å².